The molecule has 0 saturated carbocycles. The van der Waals surface area contributed by atoms with Gasteiger partial charge in [-0.3, -0.25) is 4.90 Å². The summed E-state index contributed by atoms with van der Waals surface area (Å²) in [6.45, 7) is 3.87. The van der Waals surface area contributed by atoms with Crippen molar-refractivity contribution in [3.63, 3.8) is 0 Å². The Labute approximate surface area is 151 Å². The van der Waals surface area contributed by atoms with E-state index in [1.165, 1.54) is 13.2 Å². The van der Waals surface area contributed by atoms with E-state index in [4.69, 9.17) is 14.9 Å². The lowest BCUT2D eigenvalue weighted by Gasteiger charge is -2.42. The van der Waals surface area contributed by atoms with Gasteiger partial charge in [-0.25, -0.2) is 14.0 Å². The minimum Gasteiger partial charge on any atom is -0.496 e. The minimum absolute atomic E-state index is 0.281. The molecule has 26 heavy (non-hydrogen) atoms. The summed E-state index contributed by atoms with van der Waals surface area (Å²) in [6, 6.07) is 2.97. The zero-order valence-corrected chi connectivity index (χ0v) is 15.4. The Morgan fingerprint density at radius 2 is 1.69 bits per heavy atom. The number of hydrogen-bond acceptors (Lipinski definition) is 5. The van der Waals surface area contributed by atoms with Crippen molar-refractivity contribution in [2.45, 2.75) is 26.0 Å². The molecule has 0 amide bonds. The van der Waals surface area contributed by atoms with Crippen LogP contribution in [0.2, 0.25) is 0 Å². The van der Waals surface area contributed by atoms with E-state index in [2.05, 4.69) is 0 Å². The van der Waals surface area contributed by atoms with Gasteiger partial charge in [-0.05, 0) is 38.2 Å². The normalized spacial score (nSPS) is 20.5. The Hall–Kier alpha value is -2.45. The van der Waals surface area contributed by atoms with Gasteiger partial charge < -0.3 is 20.1 Å². The number of hydrogen-bond donors (Lipinski definition) is 3. The Bertz CT molecular complexity index is 713. The van der Waals surface area contributed by atoms with Gasteiger partial charge in [0.2, 0.25) is 0 Å². The second-order valence-corrected chi connectivity index (χ2v) is 6.74. The second-order valence-electron chi connectivity index (χ2n) is 6.74. The number of fused-ring (bicyclic) bond motifs is 1. The molecule has 7 nitrogen and oxygen atoms in total. The van der Waals surface area contributed by atoms with E-state index >= 15 is 0 Å². The largest absolute Gasteiger partial charge is 0.496 e. The lowest BCUT2D eigenvalue weighted by molar-refractivity contribution is -0.164. The van der Waals surface area contributed by atoms with Gasteiger partial charge in [0.15, 0.2) is 5.72 Å². The first kappa shape index (κ1) is 21.6. The van der Waals surface area contributed by atoms with Crippen molar-refractivity contribution in [1.82, 2.24) is 4.90 Å². The second kappa shape index (κ2) is 7.84. The SMILES string of the molecule is COc1ccc(F)c2c1C(O)(N(C)C)C(C)(C)C2.O=C(O)C=CC(=O)O. The first-order valence-electron chi connectivity index (χ1n) is 7.78. The molecule has 1 aromatic carbocycles. The highest BCUT2D eigenvalue weighted by molar-refractivity contribution is 5.89. The fourth-order valence-electron chi connectivity index (χ4n) is 3.20. The highest BCUT2D eigenvalue weighted by Gasteiger charge is 2.55. The topological polar surface area (TPSA) is 107 Å². The van der Waals surface area contributed by atoms with Gasteiger partial charge in [0, 0.05) is 23.1 Å². The van der Waals surface area contributed by atoms with E-state index in [1.807, 2.05) is 13.8 Å². The third-order valence-electron chi connectivity index (χ3n) is 4.36. The molecule has 0 spiro atoms. The maximum atomic E-state index is 14.0. The molecule has 1 aromatic rings. The number of rotatable bonds is 4. The number of carboxylic acids is 2. The molecule has 2 rings (SSSR count). The van der Waals surface area contributed by atoms with E-state index in [-0.39, 0.29) is 5.82 Å². The van der Waals surface area contributed by atoms with Crippen LogP contribution in [0.5, 0.6) is 5.75 Å². The van der Waals surface area contributed by atoms with Gasteiger partial charge in [-0.2, -0.15) is 0 Å². The van der Waals surface area contributed by atoms with Gasteiger partial charge >= 0.3 is 11.9 Å². The Morgan fingerprint density at radius 1 is 1.19 bits per heavy atom. The van der Waals surface area contributed by atoms with Crippen molar-refractivity contribution in [2.75, 3.05) is 21.2 Å². The van der Waals surface area contributed by atoms with Gasteiger partial charge in [0.1, 0.15) is 11.6 Å². The zero-order valence-electron chi connectivity index (χ0n) is 15.4. The number of benzene rings is 1. The number of ether oxygens (including phenoxy) is 1. The van der Waals surface area contributed by atoms with Crippen LogP contribution in [-0.2, 0) is 21.7 Å². The molecule has 0 radical (unpaired) electrons. The van der Waals surface area contributed by atoms with Crippen LogP contribution in [0.15, 0.2) is 24.3 Å². The third kappa shape index (κ3) is 4.03. The van der Waals surface area contributed by atoms with Crippen molar-refractivity contribution < 1.29 is 34.0 Å². The molecule has 1 aliphatic rings. The van der Waals surface area contributed by atoms with E-state index in [0.29, 0.717) is 35.4 Å². The van der Waals surface area contributed by atoms with E-state index in [9.17, 15) is 19.1 Å². The molecular weight excluding hydrogens is 345 g/mol. The van der Waals surface area contributed by atoms with Crippen LogP contribution in [0.4, 0.5) is 4.39 Å². The van der Waals surface area contributed by atoms with Crippen LogP contribution in [0.25, 0.3) is 0 Å². The van der Waals surface area contributed by atoms with Gasteiger partial charge in [0.05, 0.1) is 7.11 Å². The summed E-state index contributed by atoms with van der Waals surface area (Å²) in [6.07, 6.45) is 1.60. The lowest BCUT2D eigenvalue weighted by Crippen LogP contribution is -2.50. The number of aliphatic carboxylic acids is 2. The Kier molecular flexibility index (Phi) is 6.51. The highest BCUT2D eigenvalue weighted by atomic mass is 19.1. The van der Waals surface area contributed by atoms with Gasteiger partial charge in [0.25, 0.3) is 0 Å². The fraction of sp³-hybridized carbons (Fsp3) is 0.444. The Balaban J connectivity index is 0.000000359. The van der Waals surface area contributed by atoms with Gasteiger partial charge in [-0.15, -0.1) is 0 Å². The number of aliphatic hydroxyl groups is 1. The first-order valence-corrected chi connectivity index (χ1v) is 7.78. The molecule has 0 saturated heterocycles. The highest BCUT2D eigenvalue weighted by Crippen LogP contribution is 2.54. The number of halogens is 1. The Morgan fingerprint density at radius 3 is 2.08 bits per heavy atom. The fourth-order valence-corrected chi connectivity index (χ4v) is 3.20. The summed E-state index contributed by atoms with van der Waals surface area (Å²) in [5.74, 6) is -2.26. The summed E-state index contributed by atoms with van der Waals surface area (Å²) >= 11 is 0. The molecule has 8 heteroatoms. The molecule has 1 atom stereocenters. The number of carboxylic acid groups (broad SMARTS) is 2. The monoisotopic (exact) mass is 369 g/mol. The average Bonchev–Trinajstić information content (AvgIpc) is 2.76. The van der Waals surface area contributed by atoms with Crippen molar-refractivity contribution in [2.24, 2.45) is 5.41 Å². The van der Waals surface area contributed by atoms with Crippen LogP contribution in [0.1, 0.15) is 25.0 Å². The zero-order chi connectivity index (χ0) is 20.3. The first-order chi connectivity index (χ1) is 11.9. The molecule has 0 aromatic heterocycles. The predicted molar refractivity (Wildman–Crippen MR) is 92.4 cm³/mol. The summed E-state index contributed by atoms with van der Waals surface area (Å²) in [4.78, 5) is 20.8. The number of carbonyl (C=O) groups is 2. The maximum absolute atomic E-state index is 14.0. The van der Waals surface area contributed by atoms with Crippen molar-refractivity contribution in [3.8, 4) is 5.75 Å². The summed E-state index contributed by atoms with van der Waals surface area (Å²) in [7, 11) is 5.12. The molecule has 0 aliphatic heterocycles. The summed E-state index contributed by atoms with van der Waals surface area (Å²) in [5, 5.41) is 26.7. The molecule has 144 valence electrons. The van der Waals surface area contributed by atoms with Crippen LogP contribution in [0.3, 0.4) is 0 Å². The summed E-state index contributed by atoms with van der Waals surface area (Å²) < 4.78 is 19.3. The number of methoxy groups -OCH3 is 1. The smallest absolute Gasteiger partial charge is 0.328 e. The average molecular weight is 369 g/mol. The quantitative estimate of drug-likeness (QED) is 0.549. The van der Waals surface area contributed by atoms with Crippen molar-refractivity contribution >= 4 is 11.9 Å². The van der Waals surface area contributed by atoms with Crippen molar-refractivity contribution in [1.29, 1.82) is 0 Å². The van der Waals surface area contributed by atoms with Gasteiger partial charge in [-0.1, -0.05) is 13.8 Å². The minimum atomic E-state index is -1.26. The molecule has 0 bridgehead atoms. The number of nitrogens with zero attached hydrogens (tertiary/aromatic N) is 1. The van der Waals surface area contributed by atoms with Crippen LogP contribution in [-0.4, -0.2) is 53.4 Å². The van der Waals surface area contributed by atoms with Crippen molar-refractivity contribution in [3.05, 3.63) is 41.2 Å². The van der Waals surface area contributed by atoms with Crippen LogP contribution >= 0.6 is 0 Å². The van der Waals surface area contributed by atoms with Crippen LogP contribution in [0, 0.1) is 11.2 Å². The molecule has 0 heterocycles. The summed E-state index contributed by atoms with van der Waals surface area (Å²) in [5.41, 5.74) is -0.597. The standard InChI is InChI=1S/C14H20FNO2.C4H4O4/c1-13(2)8-9-10(15)6-7-11(18-5)12(9)14(13,17)16(3)4;5-3(6)1-2-4(7)8/h6-7,17H,8H2,1-5H3;1-2H,(H,5,6)(H,7,8). The van der Waals surface area contributed by atoms with E-state index < -0.39 is 23.1 Å². The molecule has 3 N–H and O–H groups in total. The lowest BCUT2D eigenvalue weighted by atomic mass is 9.81. The van der Waals surface area contributed by atoms with E-state index in [1.54, 1.807) is 25.1 Å². The predicted octanol–water partition coefficient (Wildman–Crippen LogP) is 1.84. The molecular formula is C18H24FNO6. The molecule has 0 fully saturated rings. The van der Waals surface area contributed by atoms with E-state index in [0.717, 1.165) is 0 Å². The third-order valence-corrected chi connectivity index (χ3v) is 4.36. The van der Waals surface area contributed by atoms with Crippen LogP contribution < -0.4 is 4.74 Å². The molecule has 1 unspecified atom stereocenters. The molecule has 1 aliphatic carbocycles. The maximum Gasteiger partial charge on any atom is 0.328 e.